The van der Waals surface area contributed by atoms with E-state index in [-0.39, 0.29) is 20.1 Å². The molecule has 1 radical (unpaired) electrons. The maximum absolute atomic E-state index is 6.30. The van der Waals surface area contributed by atoms with Crippen molar-refractivity contribution >= 4 is 46.2 Å². The average Bonchev–Trinajstić information content (AvgIpc) is 3.70. The molecule has 6 heteroatoms. The Morgan fingerprint density at radius 1 is 0.755 bits per heavy atom. The molecule has 0 N–H and O–H groups in total. The molecular formula is C47H47IrN3OSi-2. The number of para-hydroxylation sites is 4. The zero-order valence-electron chi connectivity index (χ0n) is 32.1. The first-order valence-corrected chi connectivity index (χ1v) is 21.8. The van der Waals surface area contributed by atoms with Crippen molar-refractivity contribution in [2.75, 3.05) is 0 Å². The zero-order chi connectivity index (χ0) is 36.7. The largest absolute Gasteiger partial charge is 0.501 e. The summed E-state index contributed by atoms with van der Waals surface area (Å²) < 4.78 is 8.55. The third-order valence-corrected chi connectivity index (χ3v) is 12.0. The van der Waals surface area contributed by atoms with E-state index in [9.17, 15) is 0 Å². The Bertz CT molecular complexity index is 2520. The van der Waals surface area contributed by atoms with Crippen LogP contribution in [0.5, 0.6) is 0 Å². The van der Waals surface area contributed by atoms with Crippen LogP contribution < -0.4 is 5.19 Å². The number of imidazole rings is 1. The number of furan rings is 1. The van der Waals surface area contributed by atoms with Gasteiger partial charge in [-0.25, -0.2) is 0 Å². The van der Waals surface area contributed by atoms with Crippen LogP contribution in [-0.2, 0) is 20.1 Å². The van der Waals surface area contributed by atoms with E-state index >= 15 is 0 Å². The second kappa shape index (κ2) is 15.4. The summed E-state index contributed by atoms with van der Waals surface area (Å²) in [5, 5.41) is 3.67. The Morgan fingerprint density at radius 2 is 1.47 bits per heavy atom. The predicted octanol–water partition coefficient (Wildman–Crippen LogP) is 12.3. The first kappa shape index (κ1) is 38.1. The molecule has 0 spiro atoms. The van der Waals surface area contributed by atoms with E-state index in [1.54, 1.807) is 0 Å². The summed E-state index contributed by atoms with van der Waals surface area (Å²) in [7, 11) is -1.36. The number of hydrogen-bond acceptors (Lipinski definition) is 3. The minimum atomic E-state index is -1.36. The van der Waals surface area contributed by atoms with Crippen LogP contribution in [0.4, 0.5) is 0 Å². The van der Waals surface area contributed by atoms with Gasteiger partial charge in [0.05, 0.1) is 30.5 Å². The van der Waals surface area contributed by atoms with E-state index in [1.165, 1.54) is 27.4 Å². The fraction of sp³-hybridized carbons (Fsp3) is 0.234. The van der Waals surface area contributed by atoms with Gasteiger partial charge in [0.1, 0.15) is 5.58 Å². The van der Waals surface area contributed by atoms with Gasteiger partial charge in [0.15, 0.2) is 0 Å². The standard InChI is InChI=1S/C27H19N2O.C20H28NSi.Ir/c1-17-9-7-10-18(2)25(17)29-23-15-5-4-14-22(23)28-27(29)21-13-8-12-20-19-11-3-6-16-24(19)30-26(20)21;1-14(2)16-8-10-17(11-9-16)19-12-18(15(3)4)20(13-21-19)22(5,6)7;/h3-12,14-16H,1-2H3;8-10,12-15H,1-7H3;/q2*-1;. The summed E-state index contributed by atoms with van der Waals surface area (Å²) in [6.07, 6.45) is 2.11. The van der Waals surface area contributed by atoms with Gasteiger partial charge >= 0.3 is 0 Å². The van der Waals surface area contributed by atoms with Gasteiger partial charge < -0.3 is 14.0 Å². The van der Waals surface area contributed by atoms with Crippen LogP contribution in [0.1, 0.15) is 61.8 Å². The normalized spacial score (nSPS) is 11.7. The van der Waals surface area contributed by atoms with Crippen molar-refractivity contribution in [2.24, 2.45) is 0 Å². The first-order valence-electron chi connectivity index (χ1n) is 18.3. The summed E-state index contributed by atoms with van der Waals surface area (Å²) in [5.74, 6) is 1.91. The Hall–Kier alpha value is -4.61. The zero-order valence-corrected chi connectivity index (χ0v) is 35.5. The Labute approximate surface area is 328 Å². The smallest absolute Gasteiger partial charge is 0.120 e. The van der Waals surface area contributed by atoms with E-state index in [1.807, 2.05) is 30.3 Å². The summed E-state index contributed by atoms with van der Waals surface area (Å²) in [5.41, 5.74) is 13.1. The third-order valence-electron chi connectivity index (χ3n) is 9.93. The van der Waals surface area contributed by atoms with Crippen molar-refractivity contribution in [2.45, 2.75) is 73.0 Å². The van der Waals surface area contributed by atoms with E-state index in [4.69, 9.17) is 14.4 Å². The molecule has 3 aromatic heterocycles. The van der Waals surface area contributed by atoms with Gasteiger partial charge in [-0.05, 0) is 60.0 Å². The summed E-state index contributed by atoms with van der Waals surface area (Å²) in [6.45, 7) is 20.4. The van der Waals surface area contributed by atoms with Crippen LogP contribution in [0.3, 0.4) is 0 Å². The molecule has 4 nitrogen and oxygen atoms in total. The predicted molar refractivity (Wildman–Crippen MR) is 222 cm³/mol. The Morgan fingerprint density at radius 3 is 2.15 bits per heavy atom. The Kier molecular flexibility index (Phi) is 11.1. The van der Waals surface area contributed by atoms with Crippen LogP contribution in [0, 0.1) is 26.0 Å². The van der Waals surface area contributed by atoms with Gasteiger partial charge in [0.2, 0.25) is 0 Å². The molecule has 271 valence electrons. The van der Waals surface area contributed by atoms with Crippen molar-refractivity contribution in [3.05, 3.63) is 144 Å². The van der Waals surface area contributed by atoms with Crippen LogP contribution in [0.25, 0.3) is 61.3 Å². The van der Waals surface area contributed by atoms with Crippen LogP contribution in [0.15, 0.2) is 114 Å². The van der Waals surface area contributed by atoms with Crippen LogP contribution >= 0.6 is 0 Å². The van der Waals surface area contributed by atoms with Crippen molar-refractivity contribution in [3.8, 4) is 28.3 Å². The number of hydrogen-bond donors (Lipinski definition) is 0. The van der Waals surface area contributed by atoms with Crippen LogP contribution in [0.2, 0.25) is 19.6 Å². The molecular weight excluding hydrogens is 843 g/mol. The van der Waals surface area contributed by atoms with Crippen molar-refractivity contribution in [1.29, 1.82) is 0 Å². The minimum absolute atomic E-state index is 0. The van der Waals surface area contributed by atoms with E-state index in [2.05, 4.69) is 157 Å². The molecule has 0 saturated carbocycles. The van der Waals surface area contributed by atoms with Gasteiger partial charge in [-0.15, -0.1) is 53.6 Å². The van der Waals surface area contributed by atoms with Gasteiger partial charge in [0.25, 0.3) is 0 Å². The first-order chi connectivity index (χ1) is 24.9. The SMILES string of the molecule is CC(C)c1c[c-]c(-c2cc(C(C)C)c([Si](C)(C)C)cn2)cc1.Cc1cccc(C)c1-n1c(-c2[c-]ccc3c2oc2ccccc23)nc2ccccc21.[Ir]. The van der Waals surface area contributed by atoms with Crippen molar-refractivity contribution in [3.63, 3.8) is 0 Å². The van der Waals surface area contributed by atoms with Gasteiger partial charge in [-0.1, -0.05) is 124 Å². The molecule has 0 amide bonds. The number of pyridine rings is 1. The van der Waals surface area contributed by atoms with Gasteiger partial charge in [-0.3, -0.25) is 4.98 Å². The van der Waals surface area contributed by atoms with Crippen LogP contribution in [-0.4, -0.2) is 22.6 Å². The molecule has 0 unspecified atom stereocenters. The van der Waals surface area contributed by atoms with E-state index in [0.29, 0.717) is 11.8 Å². The quantitative estimate of drug-likeness (QED) is 0.123. The Balaban J connectivity index is 0.000000188. The second-order valence-corrected chi connectivity index (χ2v) is 20.5. The third kappa shape index (κ3) is 7.46. The number of aryl methyl sites for hydroxylation is 2. The fourth-order valence-corrected chi connectivity index (χ4v) is 8.79. The molecule has 0 aliphatic heterocycles. The van der Waals surface area contributed by atoms with Gasteiger partial charge in [0, 0.05) is 37.4 Å². The molecule has 3 heterocycles. The van der Waals surface area contributed by atoms with Gasteiger partial charge in [-0.2, -0.15) is 0 Å². The second-order valence-electron chi connectivity index (χ2n) is 15.4. The minimum Gasteiger partial charge on any atom is -0.501 e. The number of rotatable bonds is 6. The maximum atomic E-state index is 6.30. The maximum Gasteiger partial charge on any atom is 0.120 e. The molecule has 5 aromatic carbocycles. The topological polar surface area (TPSA) is 43.9 Å². The summed E-state index contributed by atoms with van der Waals surface area (Å²) >= 11 is 0. The molecule has 0 atom stereocenters. The van der Waals surface area contributed by atoms with Crippen molar-refractivity contribution < 1.29 is 24.5 Å². The molecule has 8 aromatic rings. The summed E-state index contributed by atoms with van der Waals surface area (Å²) in [6, 6.07) is 42.4. The van der Waals surface area contributed by atoms with E-state index in [0.717, 1.165) is 61.3 Å². The molecule has 0 aliphatic carbocycles. The number of fused-ring (bicyclic) bond motifs is 4. The number of nitrogens with zero attached hydrogens (tertiary/aromatic N) is 3. The summed E-state index contributed by atoms with van der Waals surface area (Å²) in [4.78, 5) is 9.77. The number of benzene rings is 5. The molecule has 8 rings (SSSR count). The van der Waals surface area contributed by atoms with Crippen molar-refractivity contribution in [1.82, 2.24) is 14.5 Å². The molecule has 0 bridgehead atoms. The monoisotopic (exact) mass is 890 g/mol. The molecule has 0 fully saturated rings. The average molecular weight is 890 g/mol. The number of aromatic nitrogens is 3. The molecule has 53 heavy (non-hydrogen) atoms. The molecule has 0 aliphatic rings. The molecule has 0 saturated heterocycles. The van der Waals surface area contributed by atoms with E-state index < -0.39 is 8.07 Å². The fourth-order valence-electron chi connectivity index (χ4n) is 7.11.